The molecule has 22 heavy (non-hydrogen) atoms. The van der Waals surface area contributed by atoms with Crippen LogP contribution in [0.5, 0.6) is 5.75 Å². The summed E-state index contributed by atoms with van der Waals surface area (Å²) in [5.74, 6) is 0.443. The van der Waals surface area contributed by atoms with Crippen molar-refractivity contribution in [3.63, 3.8) is 0 Å². The first-order valence-corrected chi connectivity index (χ1v) is 9.88. The van der Waals surface area contributed by atoms with Crippen LogP contribution in [0.3, 0.4) is 0 Å². The second kappa shape index (κ2) is 6.84. The number of hydrogen-bond donors (Lipinski definition) is 0. The van der Waals surface area contributed by atoms with Gasteiger partial charge in [-0.15, -0.1) is 11.3 Å². The molecular weight excluding hydrogens is 324 g/mol. The molecule has 2 aliphatic rings. The molecule has 3 heterocycles. The van der Waals surface area contributed by atoms with E-state index in [1.54, 1.807) is 15.8 Å². The molecule has 8 heteroatoms. The zero-order valence-corrected chi connectivity index (χ0v) is 14.4. The second-order valence-corrected chi connectivity index (χ2v) is 8.63. The van der Waals surface area contributed by atoms with E-state index in [0.29, 0.717) is 29.1 Å². The third-order valence-electron chi connectivity index (χ3n) is 4.31. The summed E-state index contributed by atoms with van der Waals surface area (Å²) in [7, 11) is -1.96. The number of methoxy groups -OCH3 is 1. The fraction of sp³-hybridized carbons (Fsp3) is 0.714. The normalized spacial score (nSPS) is 25.2. The monoisotopic (exact) mass is 346 g/mol. The molecule has 0 aliphatic carbocycles. The summed E-state index contributed by atoms with van der Waals surface area (Å²) in [6.07, 6.45) is 1.95. The third-order valence-corrected chi connectivity index (χ3v) is 7.60. The molecular formula is C14H22N2O4S2. The summed E-state index contributed by atoms with van der Waals surface area (Å²) in [5, 5.41) is 1.76. The molecule has 0 radical (unpaired) electrons. The lowest BCUT2D eigenvalue weighted by Crippen LogP contribution is -2.52. The SMILES string of the molecule is COc1ccsc1S(=O)(=O)N1CCC[C@H](N2CCOCC2)C1. The Bertz CT molecular complexity index is 596. The van der Waals surface area contributed by atoms with E-state index in [1.165, 1.54) is 18.4 Å². The first-order chi connectivity index (χ1) is 10.6. The lowest BCUT2D eigenvalue weighted by atomic mass is 10.1. The van der Waals surface area contributed by atoms with Gasteiger partial charge < -0.3 is 9.47 Å². The summed E-state index contributed by atoms with van der Waals surface area (Å²) < 4.78 is 38.2. The summed E-state index contributed by atoms with van der Waals surface area (Å²) in [6, 6.07) is 2.00. The average Bonchev–Trinajstić information content (AvgIpc) is 3.05. The van der Waals surface area contributed by atoms with Crippen LogP contribution in [0.2, 0.25) is 0 Å². The smallest absolute Gasteiger partial charge is 0.256 e. The summed E-state index contributed by atoms with van der Waals surface area (Å²) in [4.78, 5) is 2.36. The van der Waals surface area contributed by atoms with Gasteiger partial charge in [-0.05, 0) is 24.3 Å². The van der Waals surface area contributed by atoms with Crippen molar-refractivity contribution in [2.45, 2.75) is 23.1 Å². The minimum absolute atomic E-state index is 0.290. The molecule has 0 spiro atoms. The van der Waals surface area contributed by atoms with Crippen molar-refractivity contribution in [2.75, 3.05) is 46.5 Å². The molecule has 0 aromatic carbocycles. The quantitative estimate of drug-likeness (QED) is 0.821. The molecule has 2 saturated heterocycles. The molecule has 3 rings (SSSR count). The molecule has 0 amide bonds. The predicted octanol–water partition coefficient (Wildman–Crippen LogP) is 1.24. The van der Waals surface area contributed by atoms with Crippen LogP contribution < -0.4 is 4.74 Å². The minimum Gasteiger partial charge on any atom is -0.494 e. The Morgan fingerprint density at radius 3 is 2.82 bits per heavy atom. The van der Waals surface area contributed by atoms with E-state index < -0.39 is 10.0 Å². The van der Waals surface area contributed by atoms with Crippen molar-refractivity contribution in [1.29, 1.82) is 0 Å². The number of piperidine rings is 1. The fourth-order valence-corrected chi connectivity index (χ4v) is 6.05. The largest absolute Gasteiger partial charge is 0.494 e. The number of thiophene rings is 1. The van der Waals surface area contributed by atoms with Gasteiger partial charge in [0.15, 0.2) is 4.21 Å². The van der Waals surface area contributed by atoms with Gasteiger partial charge in [0.25, 0.3) is 10.0 Å². The first-order valence-electron chi connectivity index (χ1n) is 7.56. The van der Waals surface area contributed by atoms with Crippen molar-refractivity contribution in [3.05, 3.63) is 11.4 Å². The Kier molecular flexibility index (Phi) is 5.03. The van der Waals surface area contributed by atoms with E-state index in [2.05, 4.69) is 4.90 Å². The van der Waals surface area contributed by atoms with Crippen LogP contribution in [0.25, 0.3) is 0 Å². The Morgan fingerprint density at radius 1 is 1.32 bits per heavy atom. The van der Waals surface area contributed by atoms with Gasteiger partial charge in [0.05, 0.1) is 20.3 Å². The Hall–Kier alpha value is -0.670. The highest BCUT2D eigenvalue weighted by atomic mass is 32.2. The Balaban J connectivity index is 1.76. The van der Waals surface area contributed by atoms with Crippen molar-refractivity contribution in [1.82, 2.24) is 9.21 Å². The molecule has 0 saturated carbocycles. The van der Waals surface area contributed by atoms with E-state index >= 15 is 0 Å². The van der Waals surface area contributed by atoms with E-state index in [1.807, 2.05) is 0 Å². The van der Waals surface area contributed by atoms with Crippen LogP contribution in [0.4, 0.5) is 0 Å². The minimum atomic E-state index is -3.46. The number of ether oxygens (including phenoxy) is 2. The first kappa shape index (κ1) is 16.2. The number of nitrogens with zero attached hydrogens (tertiary/aromatic N) is 2. The van der Waals surface area contributed by atoms with Crippen molar-refractivity contribution in [2.24, 2.45) is 0 Å². The van der Waals surface area contributed by atoms with Crippen LogP contribution in [0.15, 0.2) is 15.7 Å². The van der Waals surface area contributed by atoms with Crippen LogP contribution in [0.1, 0.15) is 12.8 Å². The molecule has 6 nitrogen and oxygen atoms in total. The molecule has 0 unspecified atom stereocenters. The number of sulfonamides is 1. The third kappa shape index (κ3) is 3.16. The van der Waals surface area contributed by atoms with Gasteiger partial charge >= 0.3 is 0 Å². The van der Waals surface area contributed by atoms with Gasteiger partial charge in [0, 0.05) is 32.2 Å². The van der Waals surface area contributed by atoms with Crippen molar-refractivity contribution >= 4 is 21.4 Å². The maximum absolute atomic E-state index is 12.9. The van der Waals surface area contributed by atoms with Gasteiger partial charge in [0.1, 0.15) is 5.75 Å². The molecule has 2 aliphatic heterocycles. The topological polar surface area (TPSA) is 59.1 Å². The molecule has 0 N–H and O–H groups in total. The van der Waals surface area contributed by atoms with E-state index in [9.17, 15) is 8.42 Å². The molecule has 0 bridgehead atoms. The number of rotatable bonds is 4. The van der Waals surface area contributed by atoms with Crippen molar-refractivity contribution in [3.8, 4) is 5.75 Å². The zero-order valence-electron chi connectivity index (χ0n) is 12.7. The maximum atomic E-state index is 12.9. The standard InChI is InChI=1S/C14H22N2O4S2/c1-19-13-4-10-21-14(13)22(17,18)16-5-2-3-12(11-16)15-6-8-20-9-7-15/h4,10,12H,2-3,5-9,11H2,1H3/t12-/m0/s1. The fourth-order valence-electron chi connectivity index (χ4n) is 3.12. The number of morpholine rings is 1. The van der Waals surface area contributed by atoms with E-state index in [-0.39, 0.29) is 0 Å². The zero-order chi connectivity index (χ0) is 15.6. The highest BCUT2D eigenvalue weighted by molar-refractivity contribution is 7.91. The molecule has 1 aromatic heterocycles. The van der Waals surface area contributed by atoms with Crippen LogP contribution >= 0.6 is 11.3 Å². The second-order valence-electron chi connectivity index (χ2n) is 5.58. The average molecular weight is 346 g/mol. The summed E-state index contributed by atoms with van der Waals surface area (Å²) >= 11 is 1.22. The summed E-state index contributed by atoms with van der Waals surface area (Å²) in [5.41, 5.74) is 0. The van der Waals surface area contributed by atoms with Gasteiger partial charge in [-0.3, -0.25) is 4.90 Å². The summed E-state index contributed by atoms with van der Waals surface area (Å²) in [6.45, 7) is 4.40. The lowest BCUT2D eigenvalue weighted by Gasteiger charge is -2.40. The van der Waals surface area contributed by atoms with E-state index in [0.717, 1.165) is 39.1 Å². The predicted molar refractivity (Wildman–Crippen MR) is 85.0 cm³/mol. The number of hydrogen-bond acceptors (Lipinski definition) is 6. The van der Waals surface area contributed by atoms with Crippen LogP contribution in [-0.2, 0) is 14.8 Å². The highest BCUT2D eigenvalue weighted by Gasteiger charge is 2.35. The van der Waals surface area contributed by atoms with Gasteiger partial charge in [-0.25, -0.2) is 8.42 Å². The lowest BCUT2D eigenvalue weighted by molar-refractivity contribution is 0.00538. The highest BCUT2D eigenvalue weighted by Crippen LogP contribution is 2.33. The van der Waals surface area contributed by atoms with Crippen LogP contribution in [0, 0.1) is 0 Å². The van der Waals surface area contributed by atoms with Gasteiger partial charge in [-0.1, -0.05) is 0 Å². The van der Waals surface area contributed by atoms with Crippen LogP contribution in [-0.4, -0.2) is 70.2 Å². The van der Waals surface area contributed by atoms with Gasteiger partial charge in [0.2, 0.25) is 0 Å². The Labute approximate surface area is 135 Å². The van der Waals surface area contributed by atoms with Gasteiger partial charge in [-0.2, -0.15) is 4.31 Å². The molecule has 2 fully saturated rings. The Morgan fingerprint density at radius 2 is 2.09 bits per heavy atom. The van der Waals surface area contributed by atoms with E-state index in [4.69, 9.17) is 9.47 Å². The maximum Gasteiger partial charge on any atom is 0.256 e. The van der Waals surface area contributed by atoms with Crippen molar-refractivity contribution < 1.29 is 17.9 Å². The molecule has 124 valence electrons. The molecule has 1 atom stereocenters. The molecule has 1 aromatic rings.